The van der Waals surface area contributed by atoms with Crippen molar-refractivity contribution in [3.63, 3.8) is 0 Å². The minimum atomic E-state index is -0.715. The molecular weight excluding hydrogens is 368 g/mol. The molecule has 8 heteroatoms. The Morgan fingerprint density at radius 3 is 2.64 bits per heavy atom. The first kappa shape index (κ1) is 19.9. The van der Waals surface area contributed by atoms with E-state index in [1.54, 1.807) is 18.2 Å². The second-order valence-corrected chi connectivity index (χ2v) is 6.72. The maximum absolute atomic E-state index is 11.6. The van der Waals surface area contributed by atoms with Crippen LogP contribution in [-0.2, 0) is 23.8 Å². The maximum atomic E-state index is 11.6. The number of hydrogen-bond acceptors (Lipinski definition) is 8. The monoisotopic (exact) mass is 390 g/mol. The summed E-state index contributed by atoms with van der Waals surface area (Å²) in [6, 6.07) is 6.58. The number of aryl methyl sites for hydroxylation is 1. The van der Waals surface area contributed by atoms with E-state index in [1.807, 2.05) is 6.92 Å². The fourth-order valence-corrected chi connectivity index (χ4v) is 3.18. The van der Waals surface area contributed by atoms with Gasteiger partial charge in [-0.15, -0.1) is 0 Å². The maximum Gasteiger partial charge on any atom is 0.336 e. The van der Waals surface area contributed by atoms with Crippen molar-refractivity contribution >= 4 is 22.9 Å². The van der Waals surface area contributed by atoms with Crippen LogP contribution in [0.25, 0.3) is 11.0 Å². The number of benzene rings is 1. The highest BCUT2D eigenvalue weighted by Crippen LogP contribution is 2.28. The van der Waals surface area contributed by atoms with Crippen LogP contribution in [0.5, 0.6) is 5.75 Å². The SMILES string of the molecule is CC(=O)OCC1CC(OC(C)=O)CC(Oc2ccc3c(C)cc(=O)oc3c2)O1. The van der Waals surface area contributed by atoms with Gasteiger partial charge in [0.25, 0.3) is 0 Å². The third kappa shape index (κ3) is 5.10. The molecule has 0 spiro atoms. The van der Waals surface area contributed by atoms with Crippen LogP contribution in [0.4, 0.5) is 0 Å². The third-order valence-corrected chi connectivity index (χ3v) is 4.32. The van der Waals surface area contributed by atoms with E-state index in [4.69, 9.17) is 23.4 Å². The minimum absolute atomic E-state index is 0.0404. The first-order chi connectivity index (χ1) is 13.3. The molecule has 3 atom stereocenters. The number of carbonyl (C=O) groups excluding carboxylic acids is 2. The molecule has 2 heterocycles. The highest BCUT2D eigenvalue weighted by Gasteiger charge is 2.33. The molecule has 150 valence electrons. The van der Waals surface area contributed by atoms with Crippen molar-refractivity contribution in [2.24, 2.45) is 0 Å². The quantitative estimate of drug-likeness (QED) is 0.567. The molecule has 2 aromatic rings. The Hall–Kier alpha value is -2.87. The molecule has 3 rings (SSSR count). The standard InChI is InChI=1S/C20H22O8/c1-11-6-19(23)28-18-8-14(4-5-17(11)18)26-20-9-15(25-13(3)22)7-16(27-20)10-24-12(2)21/h4-6,8,15-16,20H,7,9-10H2,1-3H3. The Labute approximate surface area is 161 Å². The van der Waals surface area contributed by atoms with Crippen molar-refractivity contribution in [3.8, 4) is 5.75 Å². The Bertz CT molecular complexity index is 931. The predicted molar refractivity (Wildman–Crippen MR) is 97.9 cm³/mol. The number of ether oxygens (including phenoxy) is 4. The number of fused-ring (bicyclic) bond motifs is 1. The van der Waals surface area contributed by atoms with Crippen LogP contribution in [0, 0.1) is 6.92 Å². The number of hydrogen-bond donors (Lipinski definition) is 0. The van der Waals surface area contributed by atoms with Gasteiger partial charge >= 0.3 is 17.6 Å². The Balaban J connectivity index is 1.76. The minimum Gasteiger partial charge on any atom is -0.465 e. The topological polar surface area (TPSA) is 101 Å². The van der Waals surface area contributed by atoms with Crippen molar-refractivity contribution < 1.29 is 33.0 Å². The molecule has 0 amide bonds. The summed E-state index contributed by atoms with van der Waals surface area (Å²) >= 11 is 0. The van der Waals surface area contributed by atoms with E-state index < -0.39 is 36.1 Å². The van der Waals surface area contributed by atoms with Crippen molar-refractivity contribution in [1.29, 1.82) is 0 Å². The van der Waals surface area contributed by atoms with Gasteiger partial charge in [-0.1, -0.05) is 0 Å². The van der Waals surface area contributed by atoms with Gasteiger partial charge in [-0.2, -0.15) is 0 Å². The van der Waals surface area contributed by atoms with Crippen LogP contribution in [-0.4, -0.2) is 37.0 Å². The number of rotatable bonds is 5. The molecule has 0 saturated carbocycles. The Morgan fingerprint density at radius 2 is 1.93 bits per heavy atom. The molecule has 0 bridgehead atoms. The molecule has 0 N–H and O–H groups in total. The van der Waals surface area contributed by atoms with Crippen molar-refractivity contribution in [1.82, 2.24) is 0 Å². The summed E-state index contributed by atoms with van der Waals surface area (Å²) in [6.45, 7) is 4.51. The van der Waals surface area contributed by atoms with Gasteiger partial charge in [-0.3, -0.25) is 9.59 Å². The van der Waals surface area contributed by atoms with E-state index >= 15 is 0 Å². The summed E-state index contributed by atoms with van der Waals surface area (Å²) < 4.78 is 27.2. The second-order valence-electron chi connectivity index (χ2n) is 6.72. The number of carbonyl (C=O) groups is 2. The van der Waals surface area contributed by atoms with Crippen LogP contribution in [0.1, 0.15) is 32.3 Å². The zero-order chi connectivity index (χ0) is 20.3. The highest BCUT2D eigenvalue weighted by molar-refractivity contribution is 5.81. The van der Waals surface area contributed by atoms with Gasteiger partial charge in [0, 0.05) is 44.2 Å². The molecule has 1 fully saturated rings. The van der Waals surface area contributed by atoms with E-state index in [1.165, 1.54) is 19.9 Å². The summed E-state index contributed by atoms with van der Waals surface area (Å²) in [5.41, 5.74) is 0.779. The van der Waals surface area contributed by atoms with E-state index in [2.05, 4.69) is 0 Å². The summed E-state index contributed by atoms with van der Waals surface area (Å²) in [6.07, 6.45) is -0.873. The molecule has 1 aliphatic heterocycles. The molecule has 3 unspecified atom stereocenters. The smallest absolute Gasteiger partial charge is 0.336 e. The van der Waals surface area contributed by atoms with Crippen LogP contribution < -0.4 is 10.4 Å². The lowest BCUT2D eigenvalue weighted by molar-refractivity contribution is -0.201. The molecule has 0 radical (unpaired) electrons. The zero-order valence-corrected chi connectivity index (χ0v) is 15.9. The van der Waals surface area contributed by atoms with E-state index in [0.717, 1.165) is 10.9 Å². The van der Waals surface area contributed by atoms with Crippen LogP contribution in [0.2, 0.25) is 0 Å². The van der Waals surface area contributed by atoms with Gasteiger partial charge in [-0.25, -0.2) is 4.79 Å². The third-order valence-electron chi connectivity index (χ3n) is 4.32. The average Bonchev–Trinajstić information content (AvgIpc) is 2.58. The van der Waals surface area contributed by atoms with Gasteiger partial charge < -0.3 is 23.4 Å². The van der Waals surface area contributed by atoms with Crippen LogP contribution in [0.15, 0.2) is 33.5 Å². The average molecular weight is 390 g/mol. The van der Waals surface area contributed by atoms with E-state index in [0.29, 0.717) is 24.2 Å². The molecule has 1 aliphatic rings. The lowest BCUT2D eigenvalue weighted by Crippen LogP contribution is -2.42. The van der Waals surface area contributed by atoms with E-state index in [9.17, 15) is 14.4 Å². The summed E-state index contributed by atoms with van der Waals surface area (Å²) in [4.78, 5) is 34.0. The van der Waals surface area contributed by atoms with Crippen LogP contribution in [0.3, 0.4) is 0 Å². The lowest BCUT2D eigenvalue weighted by atomic mass is 10.1. The number of esters is 2. The van der Waals surface area contributed by atoms with Gasteiger partial charge in [0.15, 0.2) is 0 Å². The largest absolute Gasteiger partial charge is 0.465 e. The molecular formula is C20H22O8. The van der Waals surface area contributed by atoms with Crippen LogP contribution >= 0.6 is 0 Å². The molecule has 1 saturated heterocycles. The predicted octanol–water partition coefficient (Wildman–Crippen LogP) is 2.48. The normalized spacial score (nSPS) is 21.9. The van der Waals surface area contributed by atoms with Crippen molar-refractivity contribution in [3.05, 3.63) is 40.2 Å². The fraction of sp³-hybridized carbons (Fsp3) is 0.450. The summed E-state index contributed by atoms with van der Waals surface area (Å²) in [5.74, 6) is -0.378. The molecule has 28 heavy (non-hydrogen) atoms. The van der Waals surface area contributed by atoms with E-state index in [-0.39, 0.29) is 6.61 Å². The molecule has 1 aromatic carbocycles. The van der Waals surface area contributed by atoms with Crippen molar-refractivity contribution in [2.45, 2.75) is 52.1 Å². The Kier molecular flexibility index (Phi) is 5.99. The first-order valence-corrected chi connectivity index (χ1v) is 8.97. The Morgan fingerprint density at radius 1 is 1.14 bits per heavy atom. The summed E-state index contributed by atoms with van der Waals surface area (Å²) in [5, 5.41) is 0.807. The molecule has 8 nitrogen and oxygen atoms in total. The fourth-order valence-electron chi connectivity index (χ4n) is 3.18. The van der Waals surface area contributed by atoms with Gasteiger partial charge in [0.1, 0.15) is 24.0 Å². The van der Waals surface area contributed by atoms with Gasteiger partial charge in [-0.05, 0) is 24.6 Å². The zero-order valence-electron chi connectivity index (χ0n) is 15.9. The summed E-state index contributed by atoms with van der Waals surface area (Å²) in [7, 11) is 0. The second kappa shape index (κ2) is 8.43. The molecule has 0 aliphatic carbocycles. The molecule has 1 aromatic heterocycles. The lowest BCUT2D eigenvalue weighted by Gasteiger charge is -2.34. The van der Waals surface area contributed by atoms with Crippen molar-refractivity contribution in [2.75, 3.05) is 6.61 Å². The highest BCUT2D eigenvalue weighted by atomic mass is 16.7. The first-order valence-electron chi connectivity index (χ1n) is 8.97. The van der Waals surface area contributed by atoms with Gasteiger partial charge in [0.05, 0.1) is 6.10 Å². The van der Waals surface area contributed by atoms with Gasteiger partial charge in [0.2, 0.25) is 6.29 Å².